The van der Waals surface area contributed by atoms with Gasteiger partial charge in [-0.25, -0.2) is 0 Å². The number of aliphatic hydroxyl groups excluding tert-OH is 1. The number of nitrogens with zero attached hydrogens (tertiary/aromatic N) is 1. The number of nitro benzene ring substituents is 1. The summed E-state index contributed by atoms with van der Waals surface area (Å²) in [5.41, 5.74) is -0.0531. The number of ether oxygens (including phenoxy) is 1. The highest BCUT2D eigenvalue weighted by atomic mass is 35.5. The van der Waals surface area contributed by atoms with Gasteiger partial charge in [-0.1, -0.05) is 11.6 Å². The molecule has 0 amide bonds. The number of halogens is 1. The molecule has 17 heavy (non-hydrogen) atoms. The van der Waals surface area contributed by atoms with E-state index in [2.05, 4.69) is 0 Å². The highest BCUT2D eigenvalue weighted by molar-refractivity contribution is 6.32. The fourth-order valence-corrected chi connectivity index (χ4v) is 1.52. The largest absolute Gasteiger partial charge is 0.492 e. The average Bonchev–Trinajstić information content (AvgIpc) is 2.30. The highest BCUT2D eigenvalue weighted by Gasteiger charge is 2.09. The van der Waals surface area contributed by atoms with Crippen molar-refractivity contribution >= 4 is 17.3 Å². The van der Waals surface area contributed by atoms with Crippen molar-refractivity contribution in [2.75, 3.05) is 13.2 Å². The van der Waals surface area contributed by atoms with E-state index < -0.39 is 4.92 Å². The molecule has 0 aliphatic heterocycles. The molecule has 0 saturated heterocycles. The minimum absolute atomic E-state index is 0.0531. The second-order valence-corrected chi connectivity index (χ2v) is 3.91. The van der Waals surface area contributed by atoms with E-state index in [1.54, 1.807) is 0 Å². The molecule has 0 unspecified atom stereocenters. The van der Waals surface area contributed by atoms with Crippen LogP contribution in [0.5, 0.6) is 5.75 Å². The van der Waals surface area contributed by atoms with Gasteiger partial charge >= 0.3 is 0 Å². The van der Waals surface area contributed by atoms with Crippen LogP contribution in [0.2, 0.25) is 5.02 Å². The van der Waals surface area contributed by atoms with Crippen LogP contribution < -0.4 is 4.74 Å². The van der Waals surface area contributed by atoms with Crippen molar-refractivity contribution in [3.05, 3.63) is 33.3 Å². The quantitative estimate of drug-likeness (QED) is 0.464. The van der Waals surface area contributed by atoms with Crippen LogP contribution in [0.4, 0.5) is 5.69 Å². The van der Waals surface area contributed by atoms with Crippen molar-refractivity contribution < 1.29 is 14.8 Å². The zero-order valence-electron chi connectivity index (χ0n) is 9.26. The van der Waals surface area contributed by atoms with Crippen molar-refractivity contribution in [2.45, 2.75) is 19.3 Å². The van der Waals surface area contributed by atoms with Crippen LogP contribution in [-0.4, -0.2) is 23.2 Å². The number of nitro groups is 1. The van der Waals surface area contributed by atoms with E-state index in [9.17, 15) is 10.1 Å². The standard InChI is InChI=1S/C11H14ClNO4/c12-10-8-9(13(15)16)4-5-11(10)17-7-3-1-2-6-14/h4-5,8,14H,1-3,6-7H2. The Morgan fingerprint density at radius 1 is 1.35 bits per heavy atom. The molecule has 0 atom stereocenters. The minimum Gasteiger partial charge on any atom is -0.492 e. The summed E-state index contributed by atoms with van der Waals surface area (Å²) < 4.78 is 5.38. The lowest BCUT2D eigenvalue weighted by Crippen LogP contribution is -1.99. The molecular formula is C11H14ClNO4. The van der Waals surface area contributed by atoms with Gasteiger partial charge in [-0.2, -0.15) is 0 Å². The van der Waals surface area contributed by atoms with Gasteiger partial charge in [0.25, 0.3) is 5.69 Å². The summed E-state index contributed by atoms with van der Waals surface area (Å²) in [6.07, 6.45) is 2.44. The minimum atomic E-state index is -0.503. The SMILES string of the molecule is O=[N+]([O-])c1ccc(OCCCCCO)c(Cl)c1. The molecule has 5 nitrogen and oxygen atoms in total. The average molecular weight is 260 g/mol. The molecule has 0 spiro atoms. The topological polar surface area (TPSA) is 72.6 Å². The lowest BCUT2D eigenvalue weighted by atomic mass is 10.2. The number of hydrogen-bond acceptors (Lipinski definition) is 4. The first kappa shape index (κ1) is 13.7. The van der Waals surface area contributed by atoms with Crippen LogP contribution in [0.25, 0.3) is 0 Å². The third kappa shape index (κ3) is 4.58. The molecule has 1 aromatic carbocycles. The molecule has 1 N–H and O–H groups in total. The van der Waals surface area contributed by atoms with Crippen LogP contribution in [0, 0.1) is 10.1 Å². The fraction of sp³-hybridized carbons (Fsp3) is 0.455. The lowest BCUT2D eigenvalue weighted by Gasteiger charge is -2.07. The molecule has 0 bridgehead atoms. The Morgan fingerprint density at radius 3 is 2.71 bits per heavy atom. The van der Waals surface area contributed by atoms with Gasteiger partial charge in [-0.05, 0) is 25.3 Å². The number of rotatable bonds is 7. The van der Waals surface area contributed by atoms with Crippen molar-refractivity contribution in [1.29, 1.82) is 0 Å². The number of non-ortho nitro benzene ring substituents is 1. The van der Waals surface area contributed by atoms with Crippen LogP contribution in [0.15, 0.2) is 18.2 Å². The third-order valence-electron chi connectivity index (χ3n) is 2.19. The normalized spacial score (nSPS) is 10.2. The van der Waals surface area contributed by atoms with Gasteiger partial charge in [0.15, 0.2) is 0 Å². The molecule has 1 rings (SSSR count). The van der Waals surface area contributed by atoms with Crippen molar-refractivity contribution in [1.82, 2.24) is 0 Å². The van der Waals surface area contributed by atoms with Crippen LogP contribution in [0.1, 0.15) is 19.3 Å². The first-order chi connectivity index (χ1) is 8.15. The van der Waals surface area contributed by atoms with Crippen LogP contribution in [-0.2, 0) is 0 Å². The molecular weight excluding hydrogens is 246 g/mol. The van der Waals surface area contributed by atoms with Gasteiger partial charge in [-0.3, -0.25) is 10.1 Å². The predicted octanol–water partition coefficient (Wildman–Crippen LogP) is 2.79. The molecule has 94 valence electrons. The van der Waals surface area contributed by atoms with E-state index in [4.69, 9.17) is 21.4 Å². The Bertz CT molecular complexity index is 384. The number of benzene rings is 1. The maximum absolute atomic E-state index is 10.5. The van der Waals surface area contributed by atoms with E-state index >= 15 is 0 Å². The maximum Gasteiger partial charge on any atom is 0.271 e. The summed E-state index contributed by atoms with van der Waals surface area (Å²) in [6, 6.07) is 4.12. The summed E-state index contributed by atoms with van der Waals surface area (Å²) in [7, 11) is 0. The van der Waals surface area contributed by atoms with Crippen LogP contribution >= 0.6 is 11.6 Å². The summed E-state index contributed by atoms with van der Waals surface area (Å²) in [5.74, 6) is 0.446. The Kier molecular flexibility index (Phi) is 5.72. The fourth-order valence-electron chi connectivity index (χ4n) is 1.29. The van der Waals surface area contributed by atoms with Gasteiger partial charge < -0.3 is 9.84 Å². The van der Waals surface area contributed by atoms with Gasteiger partial charge in [0, 0.05) is 18.7 Å². The second kappa shape index (κ2) is 7.09. The first-order valence-corrected chi connectivity index (χ1v) is 5.70. The van der Waals surface area contributed by atoms with Crippen molar-refractivity contribution in [3.8, 4) is 5.75 Å². The molecule has 0 fully saturated rings. The molecule has 1 aromatic rings. The van der Waals surface area contributed by atoms with Crippen molar-refractivity contribution in [2.24, 2.45) is 0 Å². The Hall–Kier alpha value is -1.33. The van der Waals surface area contributed by atoms with Gasteiger partial charge in [-0.15, -0.1) is 0 Å². The molecule has 0 saturated carbocycles. The molecule has 0 heterocycles. The van der Waals surface area contributed by atoms with E-state index in [1.807, 2.05) is 0 Å². The Balaban J connectivity index is 2.46. The number of aliphatic hydroxyl groups is 1. The van der Waals surface area contributed by atoms with Gasteiger partial charge in [0.2, 0.25) is 0 Å². The predicted molar refractivity (Wildman–Crippen MR) is 64.5 cm³/mol. The number of unbranched alkanes of at least 4 members (excludes halogenated alkanes) is 2. The van der Waals surface area contributed by atoms with Crippen molar-refractivity contribution in [3.63, 3.8) is 0 Å². The zero-order valence-corrected chi connectivity index (χ0v) is 10.0. The van der Waals surface area contributed by atoms with E-state index in [-0.39, 0.29) is 17.3 Å². The smallest absolute Gasteiger partial charge is 0.271 e. The third-order valence-corrected chi connectivity index (χ3v) is 2.48. The summed E-state index contributed by atoms with van der Waals surface area (Å²) in [6.45, 7) is 0.663. The van der Waals surface area contributed by atoms with E-state index in [0.29, 0.717) is 12.4 Å². The molecule has 0 aliphatic rings. The summed E-state index contributed by atoms with van der Waals surface area (Å²) in [4.78, 5) is 9.98. The number of hydrogen-bond donors (Lipinski definition) is 1. The van der Waals surface area contributed by atoms with E-state index in [1.165, 1.54) is 18.2 Å². The van der Waals surface area contributed by atoms with E-state index in [0.717, 1.165) is 19.3 Å². The maximum atomic E-state index is 10.5. The summed E-state index contributed by atoms with van der Waals surface area (Å²) >= 11 is 5.84. The summed E-state index contributed by atoms with van der Waals surface area (Å²) in [5, 5.41) is 19.3. The Labute approximate surface area is 104 Å². The van der Waals surface area contributed by atoms with Crippen LogP contribution in [0.3, 0.4) is 0 Å². The molecule has 0 aliphatic carbocycles. The lowest BCUT2D eigenvalue weighted by molar-refractivity contribution is -0.384. The second-order valence-electron chi connectivity index (χ2n) is 3.50. The van der Waals surface area contributed by atoms with Gasteiger partial charge in [0.05, 0.1) is 16.6 Å². The molecule has 0 radical (unpaired) electrons. The monoisotopic (exact) mass is 259 g/mol. The molecule has 0 aromatic heterocycles. The first-order valence-electron chi connectivity index (χ1n) is 5.32. The zero-order chi connectivity index (χ0) is 12.7. The molecule has 6 heteroatoms. The Morgan fingerprint density at radius 2 is 2.12 bits per heavy atom. The van der Waals surface area contributed by atoms with Gasteiger partial charge in [0.1, 0.15) is 5.75 Å². The highest BCUT2D eigenvalue weighted by Crippen LogP contribution is 2.28.